The largest absolute Gasteiger partial charge is 0.457 e. The third-order valence-electron chi connectivity index (χ3n) is 3.37. The Morgan fingerprint density at radius 3 is 2.45 bits per heavy atom. The van der Waals surface area contributed by atoms with Crippen LogP contribution >= 0.6 is 0 Å². The maximum absolute atomic E-state index is 12.2. The van der Waals surface area contributed by atoms with Crippen LogP contribution in [0.3, 0.4) is 0 Å². The predicted molar refractivity (Wildman–Crippen MR) is 84.6 cm³/mol. The number of esters is 1. The van der Waals surface area contributed by atoms with Gasteiger partial charge in [-0.25, -0.2) is 13.2 Å². The number of aryl methyl sites for hydroxylation is 2. The van der Waals surface area contributed by atoms with Crippen molar-refractivity contribution in [2.24, 2.45) is 0 Å². The molecule has 0 aliphatic carbocycles. The van der Waals surface area contributed by atoms with E-state index in [0.29, 0.717) is 0 Å². The fourth-order valence-corrected chi connectivity index (χ4v) is 3.01. The average Bonchev–Trinajstić information content (AvgIpc) is 2.47. The molecule has 2 rings (SSSR count). The molecule has 22 heavy (non-hydrogen) atoms. The number of sulfone groups is 1. The zero-order valence-electron chi connectivity index (χ0n) is 12.8. The van der Waals surface area contributed by atoms with E-state index in [2.05, 4.69) is 0 Å². The van der Waals surface area contributed by atoms with Crippen molar-refractivity contribution in [3.05, 3.63) is 64.7 Å². The Bertz CT molecular complexity index is 807. The van der Waals surface area contributed by atoms with Crippen LogP contribution in [0.1, 0.15) is 27.0 Å². The maximum atomic E-state index is 12.2. The van der Waals surface area contributed by atoms with Crippen molar-refractivity contribution in [2.45, 2.75) is 25.3 Å². The zero-order chi connectivity index (χ0) is 16.3. The highest BCUT2D eigenvalue weighted by molar-refractivity contribution is 7.90. The van der Waals surface area contributed by atoms with Gasteiger partial charge in [0, 0.05) is 6.26 Å². The highest BCUT2D eigenvalue weighted by Gasteiger charge is 2.19. The molecule has 0 saturated heterocycles. The summed E-state index contributed by atoms with van der Waals surface area (Å²) in [4.78, 5) is 12.2. The third-order valence-corrected chi connectivity index (χ3v) is 4.52. The maximum Gasteiger partial charge on any atom is 0.339 e. The minimum absolute atomic E-state index is 0.0130. The average molecular weight is 318 g/mol. The van der Waals surface area contributed by atoms with Gasteiger partial charge in [0.15, 0.2) is 9.84 Å². The summed E-state index contributed by atoms with van der Waals surface area (Å²) in [6.45, 7) is 4.02. The first-order chi connectivity index (χ1) is 10.3. The molecule has 0 aliphatic heterocycles. The van der Waals surface area contributed by atoms with Crippen LogP contribution in [0.15, 0.2) is 47.4 Å². The van der Waals surface area contributed by atoms with E-state index in [4.69, 9.17) is 4.74 Å². The lowest BCUT2D eigenvalue weighted by atomic mass is 10.1. The summed E-state index contributed by atoms with van der Waals surface area (Å²) < 4.78 is 28.7. The summed E-state index contributed by atoms with van der Waals surface area (Å²) in [6.07, 6.45) is 1.07. The van der Waals surface area contributed by atoms with E-state index in [0.717, 1.165) is 22.9 Å². The van der Waals surface area contributed by atoms with E-state index in [1.807, 2.05) is 32.0 Å². The molecule has 4 nitrogen and oxygen atoms in total. The van der Waals surface area contributed by atoms with Gasteiger partial charge in [-0.2, -0.15) is 0 Å². The molecule has 0 bridgehead atoms. The fraction of sp³-hybridized carbons (Fsp3) is 0.235. The first kappa shape index (κ1) is 16.2. The number of carbonyl (C=O) groups excluding carboxylic acids is 1. The second kappa shape index (κ2) is 6.32. The Labute approximate surface area is 130 Å². The van der Waals surface area contributed by atoms with Crippen molar-refractivity contribution >= 4 is 15.8 Å². The Morgan fingerprint density at radius 2 is 1.77 bits per heavy atom. The van der Waals surface area contributed by atoms with Crippen LogP contribution in [0.2, 0.25) is 0 Å². The zero-order valence-corrected chi connectivity index (χ0v) is 13.6. The summed E-state index contributed by atoms with van der Waals surface area (Å²) in [7, 11) is -3.48. The van der Waals surface area contributed by atoms with Gasteiger partial charge in [-0.1, -0.05) is 35.9 Å². The van der Waals surface area contributed by atoms with Gasteiger partial charge < -0.3 is 4.74 Å². The molecule has 0 N–H and O–H groups in total. The minimum Gasteiger partial charge on any atom is -0.457 e. The van der Waals surface area contributed by atoms with Gasteiger partial charge >= 0.3 is 5.97 Å². The topological polar surface area (TPSA) is 60.4 Å². The molecule has 0 fully saturated rings. The number of carbonyl (C=O) groups is 1. The molecule has 116 valence electrons. The Hall–Kier alpha value is -2.14. The number of rotatable bonds is 4. The van der Waals surface area contributed by atoms with Crippen molar-refractivity contribution in [3.8, 4) is 0 Å². The molecule has 0 radical (unpaired) electrons. The lowest BCUT2D eigenvalue weighted by Gasteiger charge is -2.10. The van der Waals surface area contributed by atoms with E-state index in [-0.39, 0.29) is 17.1 Å². The smallest absolute Gasteiger partial charge is 0.339 e. The molecule has 0 unspecified atom stereocenters. The SMILES string of the molecule is Cc1ccc(C)c(COC(=O)c2ccccc2S(C)(=O)=O)c1. The Balaban J connectivity index is 2.22. The van der Waals surface area contributed by atoms with Gasteiger partial charge in [0.05, 0.1) is 10.5 Å². The van der Waals surface area contributed by atoms with Crippen LogP contribution in [-0.4, -0.2) is 20.6 Å². The molecule has 0 aromatic heterocycles. The van der Waals surface area contributed by atoms with Gasteiger partial charge in [0.1, 0.15) is 6.61 Å². The van der Waals surface area contributed by atoms with Crippen LogP contribution in [0, 0.1) is 13.8 Å². The monoisotopic (exact) mass is 318 g/mol. The van der Waals surface area contributed by atoms with Crippen molar-refractivity contribution in [3.63, 3.8) is 0 Å². The molecule has 2 aromatic carbocycles. The van der Waals surface area contributed by atoms with E-state index >= 15 is 0 Å². The van der Waals surface area contributed by atoms with Crippen LogP contribution in [-0.2, 0) is 21.2 Å². The van der Waals surface area contributed by atoms with E-state index in [9.17, 15) is 13.2 Å². The molecule has 5 heteroatoms. The molecular formula is C17H18O4S. The number of hydrogen-bond acceptors (Lipinski definition) is 4. The van der Waals surface area contributed by atoms with Crippen molar-refractivity contribution in [1.29, 1.82) is 0 Å². The minimum atomic E-state index is -3.48. The first-order valence-electron chi connectivity index (χ1n) is 6.81. The van der Waals surface area contributed by atoms with Crippen molar-refractivity contribution < 1.29 is 17.9 Å². The summed E-state index contributed by atoms with van der Waals surface area (Å²) in [5, 5.41) is 0. The first-order valence-corrected chi connectivity index (χ1v) is 8.70. The molecule has 0 atom stereocenters. The molecule has 0 saturated carbocycles. The normalized spacial score (nSPS) is 11.2. The van der Waals surface area contributed by atoms with E-state index in [1.54, 1.807) is 12.1 Å². The Kier molecular flexibility index (Phi) is 4.66. The molecule has 2 aromatic rings. The number of hydrogen-bond donors (Lipinski definition) is 0. The van der Waals surface area contributed by atoms with Crippen molar-refractivity contribution in [2.75, 3.05) is 6.26 Å². The summed E-state index contributed by atoms with van der Waals surface area (Å²) in [6, 6.07) is 12.0. The second-order valence-electron chi connectivity index (χ2n) is 5.27. The predicted octanol–water partition coefficient (Wildman–Crippen LogP) is 3.06. The second-order valence-corrected chi connectivity index (χ2v) is 7.26. The summed E-state index contributed by atoms with van der Waals surface area (Å²) >= 11 is 0. The fourth-order valence-electron chi connectivity index (χ4n) is 2.14. The molecule has 0 spiro atoms. The quantitative estimate of drug-likeness (QED) is 0.813. The summed E-state index contributed by atoms with van der Waals surface area (Å²) in [5.41, 5.74) is 3.07. The lowest BCUT2D eigenvalue weighted by molar-refractivity contribution is 0.0467. The van der Waals surface area contributed by atoms with Gasteiger partial charge in [-0.15, -0.1) is 0 Å². The molecule has 0 amide bonds. The van der Waals surface area contributed by atoms with Gasteiger partial charge in [-0.05, 0) is 37.1 Å². The van der Waals surface area contributed by atoms with Crippen LogP contribution < -0.4 is 0 Å². The third kappa shape index (κ3) is 3.74. The highest BCUT2D eigenvalue weighted by Crippen LogP contribution is 2.18. The summed E-state index contributed by atoms with van der Waals surface area (Å²) in [5.74, 6) is -0.637. The highest BCUT2D eigenvalue weighted by atomic mass is 32.2. The van der Waals surface area contributed by atoms with Gasteiger partial charge in [0.2, 0.25) is 0 Å². The van der Waals surface area contributed by atoms with Crippen LogP contribution in [0.4, 0.5) is 0 Å². The van der Waals surface area contributed by atoms with Crippen LogP contribution in [0.25, 0.3) is 0 Å². The molecule has 0 heterocycles. The van der Waals surface area contributed by atoms with Crippen LogP contribution in [0.5, 0.6) is 0 Å². The molecule has 0 aliphatic rings. The lowest BCUT2D eigenvalue weighted by Crippen LogP contribution is -2.11. The van der Waals surface area contributed by atoms with Gasteiger partial charge in [0.25, 0.3) is 0 Å². The number of ether oxygens (including phenoxy) is 1. The Morgan fingerprint density at radius 1 is 1.09 bits per heavy atom. The van der Waals surface area contributed by atoms with Gasteiger partial charge in [-0.3, -0.25) is 0 Å². The van der Waals surface area contributed by atoms with E-state index in [1.165, 1.54) is 12.1 Å². The van der Waals surface area contributed by atoms with Crippen molar-refractivity contribution in [1.82, 2.24) is 0 Å². The standard InChI is InChI=1S/C17H18O4S/c1-12-8-9-13(2)14(10-12)11-21-17(18)15-6-4-5-7-16(15)22(3,19)20/h4-10H,11H2,1-3H3. The molecular weight excluding hydrogens is 300 g/mol. The van der Waals surface area contributed by atoms with E-state index < -0.39 is 15.8 Å². The number of benzene rings is 2.